The highest BCUT2D eigenvalue weighted by molar-refractivity contribution is 5.96. The Hall–Kier alpha value is -2.09. The SMILES string of the molecule is CCCCN(C(=O)CNC1CCCCC1C(C)(C)C)c1c(N)n(CC(C)C)c(=O)[nH]c1=O. The predicted octanol–water partition coefficient (Wildman–Crippen LogP) is 3.10. The molecule has 0 radical (unpaired) electrons. The molecular formula is C24H43N5O3. The number of amides is 1. The molecule has 0 aliphatic heterocycles. The topological polar surface area (TPSA) is 113 Å². The molecule has 8 heteroatoms. The van der Waals surface area contributed by atoms with Gasteiger partial charge in [0.15, 0.2) is 5.69 Å². The number of nitrogens with one attached hydrogen (secondary N) is 2. The van der Waals surface area contributed by atoms with E-state index in [1.807, 2.05) is 20.8 Å². The number of nitrogen functional groups attached to an aromatic ring is 1. The van der Waals surface area contributed by atoms with Crippen molar-refractivity contribution >= 4 is 17.4 Å². The first-order valence-electron chi connectivity index (χ1n) is 12.1. The maximum atomic E-state index is 13.3. The number of carbonyl (C=O) groups excluding carboxylic acids is 1. The van der Waals surface area contributed by atoms with Crippen LogP contribution in [0.3, 0.4) is 0 Å². The third-order valence-corrected chi connectivity index (χ3v) is 6.46. The van der Waals surface area contributed by atoms with Gasteiger partial charge in [-0.05, 0) is 36.5 Å². The van der Waals surface area contributed by atoms with Gasteiger partial charge in [-0.25, -0.2) is 4.79 Å². The minimum Gasteiger partial charge on any atom is -0.383 e. The Balaban J connectivity index is 2.31. The highest BCUT2D eigenvalue weighted by Crippen LogP contribution is 2.38. The zero-order chi connectivity index (χ0) is 24.1. The molecule has 4 N–H and O–H groups in total. The van der Waals surface area contributed by atoms with Crippen molar-refractivity contribution in [1.29, 1.82) is 0 Å². The second kappa shape index (κ2) is 11.2. The van der Waals surface area contributed by atoms with E-state index in [2.05, 4.69) is 31.1 Å². The monoisotopic (exact) mass is 449 g/mol. The Morgan fingerprint density at radius 2 is 1.91 bits per heavy atom. The Morgan fingerprint density at radius 3 is 2.50 bits per heavy atom. The van der Waals surface area contributed by atoms with Crippen molar-refractivity contribution in [3.05, 3.63) is 20.8 Å². The lowest BCUT2D eigenvalue weighted by atomic mass is 9.69. The number of unbranched alkanes of at least 4 members (excludes halogenated alkanes) is 1. The van der Waals surface area contributed by atoms with Crippen LogP contribution >= 0.6 is 0 Å². The molecule has 1 aromatic rings. The van der Waals surface area contributed by atoms with Crippen LogP contribution in [0.4, 0.5) is 11.5 Å². The first-order valence-corrected chi connectivity index (χ1v) is 12.1. The number of anilines is 2. The summed E-state index contributed by atoms with van der Waals surface area (Å²) in [6, 6.07) is 0.270. The zero-order valence-corrected chi connectivity index (χ0v) is 20.8. The molecule has 1 saturated carbocycles. The fourth-order valence-electron chi connectivity index (χ4n) is 4.79. The summed E-state index contributed by atoms with van der Waals surface area (Å²) < 4.78 is 1.36. The van der Waals surface area contributed by atoms with E-state index in [4.69, 9.17) is 5.73 Å². The standard InChI is InChI=1S/C24H43N5O3/c1-7-8-13-28(20-21(25)29(15-16(2)3)23(32)27-22(20)31)19(30)14-26-18-12-10-9-11-17(18)24(4,5)6/h16-18,26H,7-15,25H2,1-6H3,(H,27,31,32). The number of hydrogen-bond acceptors (Lipinski definition) is 5. The van der Waals surface area contributed by atoms with Crippen molar-refractivity contribution < 1.29 is 4.79 Å². The van der Waals surface area contributed by atoms with Crippen molar-refractivity contribution in [2.75, 3.05) is 23.7 Å². The highest BCUT2D eigenvalue weighted by Gasteiger charge is 2.34. The lowest BCUT2D eigenvalue weighted by Crippen LogP contribution is -2.50. The molecule has 1 aliphatic rings. The van der Waals surface area contributed by atoms with Gasteiger partial charge in [-0.2, -0.15) is 0 Å². The van der Waals surface area contributed by atoms with Crippen molar-refractivity contribution in [1.82, 2.24) is 14.9 Å². The summed E-state index contributed by atoms with van der Waals surface area (Å²) in [5.74, 6) is 0.524. The molecule has 32 heavy (non-hydrogen) atoms. The Kier molecular flexibility index (Phi) is 9.13. The van der Waals surface area contributed by atoms with Gasteiger partial charge in [-0.1, -0.05) is 60.8 Å². The van der Waals surface area contributed by atoms with Crippen LogP contribution in [0, 0.1) is 17.3 Å². The number of nitrogens with zero attached hydrogens (tertiary/aromatic N) is 2. The van der Waals surface area contributed by atoms with Crippen LogP contribution in [-0.2, 0) is 11.3 Å². The van der Waals surface area contributed by atoms with E-state index in [0.29, 0.717) is 19.0 Å². The molecule has 1 fully saturated rings. The van der Waals surface area contributed by atoms with Crippen LogP contribution in [0.25, 0.3) is 0 Å². The van der Waals surface area contributed by atoms with E-state index in [-0.39, 0.29) is 41.3 Å². The molecule has 0 aromatic carbocycles. The van der Waals surface area contributed by atoms with Crippen LogP contribution in [0.2, 0.25) is 0 Å². The number of aromatic amines is 1. The molecule has 0 bridgehead atoms. The van der Waals surface area contributed by atoms with Crippen LogP contribution in [0.15, 0.2) is 9.59 Å². The molecule has 182 valence electrons. The number of nitrogens with two attached hydrogens (primary N) is 1. The molecule has 0 spiro atoms. The smallest absolute Gasteiger partial charge is 0.330 e. The molecule has 2 atom stereocenters. The summed E-state index contributed by atoms with van der Waals surface area (Å²) in [7, 11) is 0. The van der Waals surface area contributed by atoms with Gasteiger partial charge >= 0.3 is 5.69 Å². The van der Waals surface area contributed by atoms with E-state index in [1.165, 1.54) is 15.9 Å². The minimum atomic E-state index is -0.609. The minimum absolute atomic E-state index is 0.0575. The van der Waals surface area contributed by atoms with Gasteiger partial charge in [-0.3, -0.25) is 19.1 Å². The fraction of sp³-hybridized carbons (Fsp3) is 0.792. The third-order valence-electron chi connectivity index (χ3n) is 6.46. The van der Waals surface area contributed by atoms with E-state index >= 15 is 0 Å². The van der Waals surface area contributed by atoms with Crippen molar-refractivity contribution in [3.8, 4) is 0 Å². The summed E-state index contributed by atoms with van der Waals surface area (Å²) in [5.41, 5.74) is 5.39. The maximum Gasteiger partial charge on any atom is 0.330 e. The van der Waals surface area contributed by atoms with E-state index in [0.717, 1.165) is 32.1 Å². The molecule has 1 heterocycles. The summed E-state index contributed by atoms with van der Waals surface area (Å²) in [5, 5.41) is 3.49. The molecule has 1 aliphatic carbocycles. The van der Waals surface area contributed by atoms with Gasteiger partial charge in [0, 0.05) is 19.1 Å². The number of rotatable bonds is 9. The highest BCUT2D eigenvalue weighted by atomic mass is 16.2. The molecule has 1 aromatic heterocycles. The van der Waals surface area contributed by atoms with Gasteiger partial charge in [0.2, 0.25) is 5.91 Å². The zero-order valence-electron chi connectivity index (χ0n) is 20.8. The first-order chi connectivity index (χ1) is 15.0. The molecule has 2 rings (SSSR count). The quantitative estimate of drug-likeness (QED) is 0.536. The van der Waals surface area contributed by atoms with Crippen LogP contribution in [0.5, 0.6) is 0 Å². The first kappa shape index (κ1) is 26.2. The third kappa shape index (κ3) is 6.47. The second-order valence-corrected chi connectivity index (χ2v) is 10.6. The maximum absolute atomic E-state index is 13.3. The average molecular weight is 450 g/mol. The Morgan fingerprint density at radius 1 is 1.25 bits per heavy atom. The summed E-state index contributed by atoms with van der Waals surface area (Å²) in [4.78, 5) is 42.2. The number of aromatic nitrogens is 2. The van der Waals surface area contributed by atoms with Crippen molar-refractivity contribution in [3.63, 3.8) is 0 Å². The largest absolute Gasteiger partial charge is 0.383 e. The fourth-order valence-corrected chi connectivity index (χ4v) is 4.79. The number of H-pyrrole nitrogens is 1. The van der Waals surface area contributed by atoms with Crippen molar-refractivity contribution in [2.45, 2.75) is 92.7 Å². The molecule has 1 amide bonds. The van der Waals surface area contributed by atoms with Gasteiger partial charge in [0.1, 0.15) is 5.82 Å². The Labute approximate surface area is 192 Å². The molecule has 8 nitrogen and oxygen atoms in total. The van der Waals surface area contributed by atoms with Crippen molar-refractivity contribution in [2.24, 2.45) is 17.3 Å². The van der Waals surface area contributed by atoms with Crippen LogP contribution in [-0.4, -0.2) is 34.6 Å². The average Bonchev–Trinajstić information content (AvgIpc) is 2.71. The van der Waals surface area contributed by atoms with E-state index < -0.39 is 11.2 Å². The molecule has 2 unspecified atom stereocenters. The van der Waals surface area contributed by atoms with Gasteiger partial charge in [0.25, 0.3) is 5.56 Å². The van der Waals surface area contributed by atoms with Crippen LogP contribution < -0.4 is 27.2 Å². The lowest BCUT2D eigenvalue weighted by molar-refractivity contribution is -0.118. The van der Waals surface area contributed by atoms with Gasteiger partial charge in [0.05, 0.1) is 6.54 Å². The normalized spacial score (nSPS) is 19.3. The van der Waals surface area contributed by atoms with E-state index in [9.17, 15) is 14.4 Å². The summed E-state index contributed by atoms with van der Waals surface area (Å²) in [6.07, 6.45) is 6.19. The van der Waals surface area contributed by atoms with Gasteiger partial charge < -0.3 is 16.0 Å². The molecule has 0 saturated heterocycles. The van der Waals surface area contributed by atoms with Gasteiger partial charge in [-0.15, -0.1) is 0 Å². The second-order valence-electron chi connectivity index (χ2n) is 10.6. The molecular weight excluding hydrogens is 406 g/mol. The number of carbonyl (C=O) groups is 1. The predicted molar refractivity (Wildman–Crippen MR) is 131 cm³/mol. The summed E-state index contributed by atoms with van der Waals surface area (Å²) in [6.45, 7) is 13.6. The van der Waals surface area contributed by atoms with E-state index in [1.54, 1.807) is 0 Å². The summed E-state index contributed by atoms with van der Waals surface area (Å²) >= 11 is 0. The number of hydrogen-bond donors (Lipinski definition) is 3. The Bertz CT molecular complexity index is 881. The lowest BCUT2D eigenvalue weighted by Gasteiger charge is -2.41. The van der Waals surface area contributed by atoms with Crippen LogP contribution in [0.1, 0.15) is 80.1 Å².